The first-order chi connectivity index (χ1) is 15.8. The molecule has 4 fully saturated rings. The van der Waals surface area contributed by atoms with Gasteiger partial charge in [-0.05, 0) is 80.5 Å². The van der Waals surface area contributed by atoms with Gasteiger partial charge in [0, 0.05) is 31.5 Å². The van der Waals surface area contributed by atoms with E-state index in [2.05, 4.69) is 13.8 Å². The molecule has 3 heteroatoms. The average Bonchev–Trinajstić information content (AvgIpc) is 3.07. The number of ketones is 1. The van der Waals surface area contributed by atoms with E-state index < -0.39 is 13.2 Å². The lowest BCUT2D eigenvalue weighted by molar-refractivity contribution is -0.164. The third kappa shape index (κ3) is 3.81. The number of hydrogen-bond acceptors (Lipinski definition) is 3. The van der Waals surface area contributed by atoms with Crippen molar-refractivity contribution in [3.8, 4) is 0 Å². The molecule has 7 atom stereocenters. The monoisotopic (exact) mass is 407 g/mol. The summed E-state index contributed by atoms with van der Waals surface area (Å²) in [6, 6.07) is 0. The molecular weight excluding hydrogens is 360 g/mol. The highest BCUT2D eigenvalue weighted by Crippen LogP contribution is 2.66. The van der Waals surface area contributed by atoms with Crippen LogP contribution in [0, 0.1) is 34.5 Å². The number of esters is 1. The molecule has 0 heterocycles. The molecule has 0 N–H and O–H groups in total. The van der Waals surface area contributed by atoms with Crippen LogP contribution >= 0.6 is 0 Å². The molecule has 0 radical (unpaired) electrons. The summed E-state index contributed by atoms with van der Waals surface area (Å²) in [5.74, 6) is 2.69. The van der Waals surface area contributed by atoms with Crippen molar-refractivity contribution < 1.29 is 21.2 Å². The predicted octanol–water partition coefficient (Wildman–Crippen LogP) is 6.48. The molecule has 29 heavy (non-hydrogen) atoms. The summed E-state index contributed by atoms with van der Waals surface area (Å²) in [4.78, 5) is 24.7. The van der Waals surface area contributed by atoms with Crippen molar-refractivity contribution >= 4 is 11.8 Å². The zero-order chi connectivity index (χ0) is 24.9. The van der Waals surface area contributed by atoms with Gasteiger partial charge < -0.3 is 4.74 Å². The van der Waals surface area contributed by atoms with Crippen LogP contribution in [0.25, 0.3) is 0 Å². The summed E-state index contributed by atoms with van der Waals surface area (Å²) in [5.41, 5.74) is 0.301. The Bertz CT molecular complexity index is 796. The maximum atomic E-state index is 12.6. The minimum atomic E-state index is -2.64. The summed E-state index contributed by atoms with van der Waals surface area (Å²) in [6.07, 6.45) is 7.84. The topological polar surface area (TPSA) is 43.4 Å². The van der Waals surface area contributed by atoms with Crippen LogP contribution in [0.4, 0.5) is 0 Å². The number of carbonyl (C=O) groups is 2. The third-order valence-corrected chi connectivity index (χ3v) is 9.60. The number of hydrogen-bond donors (Lipinski definition) is 0. The van der Waals surface area contributed by atoms with Crippen LogP contribution < -0.4 is 0 Å². The van der Waals surface area contributed by atoms with Crippen molar-refractivity contribution in [3.63, 3.8) is 0 Å². The molecular formula is C26H42O3. The van der Waals surface area contributed by atoms with Crippen LogP contribution in [0.5, 0.6) is 0 Å². The lowest BCUT2D eigenvalue weighted by atomic mass is 9.45. The number of ether oxygens (including phenoxy) is 1. The van der Waals surface area contributed by atoms with E-state index in [1.807, 2.05) is 0 Å². The molecule has 0 amide bonds. The van der Waals surface area contributed by atoms with Crippen LogP contribution in [0.1, 0.15) is 117 Å². The SMILES string of the molecule is [2H]C([2H])([2H])C([2H])([2H])CCCCC(=O)O[C@H]1CC[C@H]2[C@@H]3CC[C@H]4CC(=O)CC[C@]4(C)[C@H]3CC[C@]12C. The van der Waals surface area contributed by atoms with E-state index in [4.69, 9.17) is 11.6 Å². The molecule has 4 rings (SSSR count). The first-order valence-electron chi connectivity index (χ1n) is 14.5. The van der Waals surface area contributed by atoms with Gasteiger partial charge in [-0.25, -0.2) is 0 Å². The smallest absolute Gasteiger partial charge is 0.306 e. The van der Waals surface area contributed by atoms with Crippen molar-refractivity contribution in [1.82, 2.24) is 0 Å². The summed E-state index contributed by atoms with van der Waals surface area (Å²) in [5, 5.41) is 0. The van der Waals surface area contributed by atoms with Gasteiger partial charge in [0.1, 0.15) is 11.9 Å². The molecule has 164 valence electrons. The highest BCUT2D eigenvalue weighted by atomic mass is 16.5. The number of unbranched alkanes of at least 4 members (excludes halogenated alkanes) is 1. The van der Waals surface area contributed by atoms with Crippen molar-refractivity contribution in [2.75, 3.05) is 0 Å². The van der Waals surface area contributed by atoms with Crippen molar-refractivity contribution in [1.29, 1.82) is 0 Å². The zero-order valence-electron chi connectivity index (χ0n) is 23.3. The number of fused-ring (bicyclic) bond motifs is 5. The Morgan fingerprint density at radius 3 is 2.72 bits per heavy atom. The molecule has 0 aliphatic heterocycles. The van der Waals surface area contributed by atoms with E-state index in [9.17, 15) is 9.59 Å². The van der Waals surface area contributed by atoms with Gasteiger partial charge in [-0.3, -0.25) is 9.59 Å². The Balaban J connectivity index is 1.32. The quantitative estimate of drug-likeness (QED) is 0.374. The van der Waals surface area contributed by atoms with Crippen LogP contribution in [-0.4, -0.2) is 17.9 Å². The Morgan fingerprint density at radius 1 is 1.07 bits per heavy atom. The van der Waals surface area contributed by atoms with E-state index in [-0.39, 0.29) is 35.7 Å². The predicted molar refractivity (Wildman–Crippen MR) is 115 cm³/mol. The van der Waals surface area contributed by atoms with Gasteiger partial charge in [0.05, 0.1) is 0 Å². The van der Waals surface area contributed by atoms with Crippen LogP contribution in [-0.2, 0) is 14.3 Å². The van der Waals surface area contributed by atoms with E-state index in [1.165, 1.54) is 6.42 Å². The van der Waals surface area contributed by atoms with Gasteiger partial charge in [0.2, 0.25) is 0 Å². The number of carbonyl (C=O) groups excluding carboxylic acids is 2. The zero-order valence-corrected chi connectivity index (χ0v) is 18.3. The van der Waals surface area contributed by atoms with E-state index in [0.29, 0.717) is 42.3 Å². The molecule has 0 aromatic carbocycles. The number of Topliss-reactive ketones (excluding diaryl/α,β-unsaturated/α-hetero) is 1. The van der Waals surface area contributed by atoms with Crippen LogP contribution in [0.2, 0.25) is 0 Å². The van der Waals surface area contributed by atoms with E-state index >= 15 is 0 Å². The Hall–Kier alpha value is -0.860. The second-order valence-corrected chi connectivity index (χ2v) is 10.9. The molecule has 4 saturated carbocycles. The first-order valence-corrected chi connectivity index (χ1v) is 12.0. The standard InChI is InChI=1S/C26H42O3/c1-4-5-6-7-8-24(28)29-23-12-11-21-20-10-9-18-17-19(27)13-15-25(18,2)22(20)14-16-26(21,23)3/h18,20-23H,4-17H2,1-3H3/t18-,20-,21-,22-,23-,25-,26-/m0/s1/i1D3,4D2. The van der Waals surface area contributed by atoms with Gasteiger partial charge in [-0.2, -0.15) is 0 Å². The second-order valence-electron chi connectivity index (χ2n) is 10.9. The maximum absolute atomic E-state index is 12.6. The molecule has 0 bridgehead atoms. The minimum Gasteiger partial charge on any atom is -0.462 e. The number of rotatable bonds is 6. The van der Waals surface area contributed by atoms with E-state index in [1.54, 1.807) is 0 Å². The van der Waals surface area contributed by atoms with Gasteiger partial charge >= 0.3 is 5.97 Å². The van der Waals surface area contributed by atoms with Gasteiger partial charge in [-0.1, -0.05) is 39.9 Å². The fourth-order valence-electron chi connectivity index (χ4n) is 7.89. The molecule has 4 aliphatic rings. The average molecular weight is 408 g/mol. The van der Waals surface area contributed by atoms with Gasteiger partial charge in [0.25, 0.3) is 0 Å². The van der Waals surface area contributed by atoms with Crippen molar-refractivity contribution in [2.24, 2.45) is 34.5 Å². The van der Waals surface area contributed by atoms with E-state index in [0.717, 1.165) is 51.4 Å². The molecule has 0 aromatic rings. The second kappa shape index (κ2) is 8.35. The van der Waals surface area contributed by atoms with Crippen molar-refractivity contribution in [3.05, 3.63) is 0 Å². The summed E-state index contributed by atoms with van der Waals surface area (Å²) in [7, 11) is 0. The first kappa shape index (κ1) is 15.9. The summed E-state index contributed by atoms with van der Waals surface area (Å²) >= 11 is 0. The lowest BCUT2D eigenvalue weighted by Gasteiger charge is -2.60. The molecule has 0 aromatic heterocycles. The summed E-state index contributed by atoms with van der Waals surface area (Å²) in [6.45, 7) is 2.14. The molecule has 0 unspecified atom stereocenters. The fourth-order valence-corrected chi connectivity index (χ4v) is 7.89. The molecule has 3 nitrogen and oxygen atoms in total. The maximum Gasteiger partial charge on any atom is 0.306 e. The third-order valence-electron chi connectivity index (χ3n) is 9.60. The van der Waals surface area contributed by atoms with Gasteiger partial charge in [0.15, 0.2) is 0 Å². The normalized spacial score (nSPS) is 47.4. The fraction of sp³-hybridized carbons (Fsp3) is 0.923. The summed E-state index contributed by atoms with van der Waals surface area (Å²) < 4.78 is 43.3. The Labute approximate surface area is 184 Å². The van der Waals surface area contributed by atoms with Gasteiger partial charge in [-0.15, -0.1) is 0 Å². The van der Waals surface area contributed by atoms with Crippen LogP contribution in [0.3, 0.4) is 0 Å². The molecule has 4 aliphatic carbocycles. The highest BCUT2D eigenvalue weighted by Gasteiger charge is 2.61. The van der Waals surface area contributed by atoms with Crippen LogP contribution in [0.15, 0.2) is 0 Å². The Morgan fingerprint density at radius 2 is 1.90 bits per heavy atom. The Kier molecular flexibility index (Phi) is 4.57. The largest absolute Gasteiger partial charge is 0.462 e. The highest BCUT2D eigenvalue weighted by molar-refractivity contribution is 5.79. The molecule has 0 spiro atoms. The molecule has 0 saturated heterocycles. The van der Waals surface area contributed by atoms with Crippen molar-refractivity contribution in [2.45, 2.75) is 117 Å². The lowest BCUT2D eigenvalue weighted by Crippen LogP contribution is -2.54. The minimum absolute atomic E-state index is 0.0171.